The van der Waals surface area contributed by atoms with Crippen LogP contribution in [0.5, 0.6) is 0 Å². The fraction of sp³-hybridized carbons (Fsp3) is 0.250. The van der Waals surface area contributed by atoms with E-state index in [0.717, 1.165) is 6.33 Å². The predicted octanol–water partition coefficient (Wildman–Crippen LogP) is -0.989. The average Bonchev–Trinajstić information content (AvgIpc) is 2.69. The van der Waals surface area contributed by atoms with Crippen LogP contribution in [0.25, 0.3) is 0 Å². The van der Waals surface area contributed by atoms with Gasteiger partial charge >= 0.3 is 5.97 Å². The lowest BCUT2D eigenvalue weighted by molar-refractivity contribution is -0.139. The molecule has 0 saturated heterocycles. The van der Waals surface area contributed by atoms with E-state index in [0.29, 0.717) is 0 Å². The van der Waals surface area contributed by atoms with Gasteiger partial charge in [-0.2, -0.15) is 5.10 Å². The van der Waals surface area contributed by atoms with Crippen molar-refractivity contribution in [1.29, 1.82) is 0 Å². The Labute approximate surface area is 84.9 Å². The van der Waals surface area contributed by atoms with Gasteiger partial charge in [0.1, 0.15) is 12.4 Å². The highest BCUT2D eigenvalue weighted by atomic mass is 16.4. The number of carbonyl (C=O) groups is 2. The van der Waals surface area contributed by atoms with Gasteiger partial charge in [0.2, 0.25) is 5.82 Å². The largest absolute Gasteiger partial charge is 0.480 e. The summed E-state index contributed by atoms with van der Waals surface area (Å²) in [6.07, 6.45) is 6.02. The number of H-pyrrole nitrogens is 1. The van der Waals surface area contributed by atoms with Crippen LogP contribution in [0, 0.1) is 12.3 Å². The molecule has 1 amide bonds. The van der Waals surface area contributed by atoms with Crippen molar-refractivity contribution in [3.63, 3.8) is 0 Å². The Balaban J connectivity index is 2.64. The van der Waals surface area contributed by atoms with E-state index in [2.05, 4.69) is 26.4 Å². The van der Waals surface area contributed by atoms with Gasteiger partial charge in [-0.05, 0) is 0 Å². The smallest absolute Gasteiger partial charge is 0.327 e. The fourth-order valence-electron chi connectivity index (χ4n) is 0.859. The Morgan fingerprint density at radius 1 is 1.73 bits per heavy atom. The van der Waals surface area contributed by atoms with Crippen LogP contribution < -0.4 is 5.32 Å². The number of carbonyl (C=O) groups excluding carboxylic acids is 1. The van der Waals surface area contributed by atoms with E-state index in [4.69, 9.17) is 11.5 Å². The Kier molecular flexibility index (Phi) is 3.40. The quantitative estimate of drug-likeness (QED) is 0.550. The lowest BCUT2D eigenvalue weighted by Crippen LogP contribution is -2.40. The number of amides is 1. The third kappa shape index (κ3) is 2.80. The summed E-state index contributed by atoms with van der Waals surface area (Å²) in [6, 6.07) is -1.12. The number of hydrogen-bond donors (Lipinski definition) is 3. The Hall–Kier alpha value is -2.36. The lowest BCUT2D eigenvalue weighted by atomic mass is 10.2. The van der Waals surface area contributed by atoms with E-state index in [1.165, 1.54) is 0 Å². The maximum absolute atomic E-state index is 11.3. The van der Waals surface area contributed by atoms with Crippen molar-refractivity contribution in [1.82, 2.24) is 20.5 Å². The summed E-state index contributed by atoms with van der Waals surface area (Å²) in [5.74, 6) is 0.250. The first-order valence-corrected chi connectivity index (χ1v) is 3.97. The Morgan fingerprint density at radius 2 is 2.47 bits per heavy atom. The van der Waals surface area contributed by atoms with Gasteiger partial charge in [-0.15, -0.1) is 12.3 Å². The normalized spacial score (nSPS) is 11.4. The molecule has 0 aromatic carbocycles. The number of carboxylic acid groups (broad SMARTS) is 1. The van der Waals surface area contributed by atoms with Crippen molar-refractivity contribution >= 4 is 11.9 Å². The van der Waals surface area contributed by atoms with Gasteiger partial charge in [0.05, 0.1) is 0 Å². The third-order valence-corrected chi connectivity index (χ3v) is 1.56. The minimum atomic E-state index is -1.19. The molecule has 3 N–H and O–H groups in total. The van der Waals surface area contributed by atoms with Crippen LogP contribution in [-0.4, -0.2) is 38.2 Å². The van der Waals surface area contributed by atoms with Crippen LogP contribution in [0.3, 0.4) is 0 Å². The molecule has 0 bridgehead atoms. The molecule has 15 heavy (non-hydrogen) atoms. The van der Waals surface area contributed by atoms with Crippen molar-refractivity contribution in [3.05, 3.63) is 12.2 Å². The monoisotopic (exact) mass is 208 g/mol. The van der Waals surface area contributed by atoms with Crippen LogP contribution in [0.15, 0.2) is 6.33 Å². The van der Waals surface area contributed by atoms with E-state index in [-0.39, 0.29) is 12.2 Å². The molecule has 0 saturated carbocycles. The number of aromatic nitrogens is 3. The summed E-state index contributed by atoms with van der Waals surface area (Å²) in [4.78, 5) is 25.5. The zero-order valence-corrected chi connectivity index (χ0v) is 7.60. The van der Waals surface area contributed by atoms with Gasteiger partial charge in [-0.25, -0.2) is 9.78 Å². The number of nitrogens with zero attached hydrogens (tertiary/aromatic N) is 2. The summed E-state index contributed by atoms with van der Waals surface area (Å²) in [7, 11) is 0. The Bertz CT molecular complexity index is 393. The molecule has 0 spiro atoms. The molecule has 1 aromatic rings. The molecule has 1 rings (SSSR count). The number of rotatable bonds is 4. The molecule has 0 fully saturated rings. The van der Waals surface area contributed by atoms with Crippen LogP contribution in [0.2, 0.25) is 0 Å². The second-order valence-corrected chi connectivity index (χ2v) is 2.61. The summed E-state index contributed by atoms with van der Waals surface area (Å²) in [6.45, 7) is 0. The van der Waals surface area contributed by atoms with Gasteiger partial charge < -0.3 is 10.4 Å². The second-order valence-electron chi connectivity index (χ2n) is 2.61. The molecule has 1 aromatic heterocycles. The Morgan fingerprint density at radius 3 is 2.93 bits per heavy atom. The van der Waals surface area contributed by atoms with Crippen molar-refractivity contribution in [3.8, 4) is 12.3 Å². The second kappa shape index (κ2) is 4.76. The van der Waals surface area contributed by atoms with Gasteiger partial charge in [0.15, 0.2) is 0 Å². The molecule has 0 aliphatic rings. The number of aromatic amines is 1. The average molecular weight is 208 g/mol. The minimum absolute atomic E-state index is 0.0572. The molecule has 7 nitrogen and oxygen atoms in total. The number of aliphatic carboxylic acids is 1. The molecular formula is C8H8N4O3. The summed E-state index contributed by atoms with van der Waals surface area (Å²) >= 11 is 0. The van der Waals surface area contributed by atoms with Gasteiger partial charge in [0, 0.05) is 6.42 Å². The van der Waals surface area contributed by atoms with E-state index in [1.807, 2.05) is 0 Å². The molecule has 78 valence electrons. The fourth-order valence-corrected chi connectivity index (χ4v) is 0.859. The van der Waals surface area contributed by atoms with E-state index in [1.54, 1.807) is 0 Å². The van der Waals surface area contributed by atoms with E-state index >= 15 is 0 Å². The molecule has 0 radical (unpaired) electrons. The zero-order valence-electron chi connectivity index (χ0n) is 7.60. The molecule has 1 unspecified atom stereocenters. The highest BCUT2D eigenvalue weighted by Gasteiger charge is 2.20. The maximum Gasteiger partial charge on any atom is 0.327 e. The first-order chi connectivity index (χ1) is 7.15. The molecule has 0 aliphatic heterocycles. The SMILES string of the molecule is C#CCC(NC(=O)c1ncn[nH]1)C(=O)O. The van der Waals surface area contributed by atoms with Crippen molar-refractivity contribution in [2.75, 3.05) is 0 Å². The number of nitrogens with one attached hydrogen (secondary N) is 2. The first-order valence-electron chi connectivity index (χ1n) is 3.97. The zero-order chi connectivity index (χ0) is 11.3. The van der Waals surface area contributed by atoms with Crippen molar-refractivity contribution in [2.45, 2.75) is 12.5 Å². The van der Waals surface area contributed by atoms with Crippen LogP contribution in [0.1, 0.15) is 17.0 Å². The third-order valence-electron chi connectivity index (χ3n) is 1.56. The van der Waals surface area contributed by atoms with Gasteiger partial charge in [0.25, 0.3) is 5.91 Å². The number of hydrogen-bond acceptors (Lipinski definition) is 4. The van der Waals surface area contributed by atoms with Crippen LogP contribution in [-0.2, 0) is 4.79 Å². The number of carboxylic acids is 1. The van der Waals surface area contributed by atoms with Crippen LogP contribution in [0.4, 0.5) is 0 Å². The maximum atomic E-state index is 11.3. The summed E-state index contributed by atoms with van der Waals surface area (Å²) in [5.41, 5.74) is 0. The topological polar surface area (TPSA) is 108 Å². The van der Waals surface area contributed by atoms with Crippen molar-refractivity contribution < 1.29 is 14.7 Å². The minimum Gasteiger partial charge on any atom is -0.480 e. The number of terminal acetylenes is 1. The highest BCUT2D eigenvalue weighted by Crippen LogP contribution is 1.93. The molecule has 7 heteroatoms. The summed E-state index contributed by atoms with van der Waals surface area (Å²) in [5, 5.41) is 16.7. The molecule has 1 atom stereocenters. The van der Waals surface area contributed by atoms with Crippen LogP contribution >= 0.6 is 0 Å². The summed E-state index contributed by atoms with van der Waals surface area (Å²) < 4.78 is 0. The first kappa shape index (κ1) is 10.7. The standard InChI is InChI=1S/C8H8N4O3/c1-2-3-5(8(14)15)11-7(13)6-9-4-10-12-6/h1,4-5H,3H2,(H,11,13)(H,14,15)(H,9,10,12). The van der Waals surface area contributed by atoms with E-state index in [9.17, 15) is 9.59 Å². The molecule has 1 heterocycles. The highest BCUT2D eigenvalue weighted by molar-refractivity contribution is 5.93. The molecule has 0 aliphatic carbocycles. The lowest BCUT2D eigenvalue weighted by Gasteiger charge is -2.09. The molecular weight excluding hydrogens is 200 g/mol. The van der Waals surface area contributed by atoms with E-state index < -0.39 is 17.9 Å². The predicted molar refractivity (Wildman–Crippen MR) is 48.7 cm³/mol. The van der Waals surface area contributed by atoms with Gasteiger partial charge in [-0.3, -0.25) is 9.89 Å². The van der Waals surface area contributed by atoms with Gasteiger partial charge in [-0.1, -0.05) is 0 Å². The van der Waals surface area contributed by atoms with Crippen molar-refractivity contribution in [2.24, 2.45) is 0 Å².